The summed E-state index contributed by atoms with van der Waals surface area (Å²) in [5, 5.41) is 0.960. The molecule has 138 valence electrons. The number of anilines is 3. The van der Waals surface area contributed by atoms with Gasteiger partial charge in [0.15, 0.2) is 11.6 Å². The molecule has 0 unspecified atom stereocenters. The summed E-state index contributed by atoms with van der Waals surface area (Å²) in [5.74, 6) is 1.57. The quantitative estimate of drug-likeness (QED) is 0.497. The average Bonchev–Trinajstić information content (AvgIpc) is 3.16. The van der Waals surface area contributed by atoms with E-state index < -0.39 is 0 Å². The van der Waals surface area contributed by atoms with Crippen molar-refractivity contribution in [3.05, 3.63) is 71.1 Å². The highest BCUT2D eigenvalue weighted by molar-refractivity contribution is 9.10. The molecule has 0 saturated heterocycles. The molecule has 0 amide bonds. The number of nitrogens with two attached hydrogens (primary N) is 1. The SMILES string of the molecule is Nc1c(Oc2ccc(Br)c3cccnc23)ncnc1N1CCc2ccccc21. The van der Waals surface area contributed by atoms with Crippen molar-refractivity contribution in [1.82, 2.24) is 15.0 Å². The zero-order chi connectivity index (χ0) is 19.1. The monoisotopic (exact) mass is 433 g/mol. The van der Waals surface area contributed by atoms with Crippen molar-refractivity contribution >= 4 is 44.0 Å². The summed E-state index contributed by atoms with van der Waals surface area (Å²) in [4.78, 5) is 15.2. The molecule has 6 nitrogen and oxygen atoms in total. The first-order valence-corrected chi connectivity index (χ1v) is 9.68. The first kappa shape index (κ1) is 16.9. The van der Waals surface area contributed by atoms with Gasteiger partial charge >= 0.3 is 0 Å². The van der Waals surface area contributed by atoms with Crippen molar-refractivity contribution < 1.29 is 4.74 Å². The van der Waals surface area contributed by atoms with Crippen molar-refractivity contribution in [3.63, 3.8) is 0 Å². The number of benzene rings is 2. The molecule has 2 aromatic carbocycles. The normalized spacial score (nSPS) is 13.0. The van der Waals surface area contributed by atoms with Gasteiger partial charge in [-0.3, -0.25) is 4.98 Å². The van der Waals surface area contributed by atoms with Gasteiger partial charge in [0.25, 0.3) is 0 Å². The molecule has 0 aliphatic carbocycles. The molecule has 0 saturated carbocycles. The molecule has 7 heteroatoms. The largest absolute Gasteiger partial charge is 0.435 e. The molecule has 0 atom stereocenters. The number of rotatable bonds is 3. The van der Waals surface area contributed by atoms with Gasteiger partial charge in [-0.15, -0.1) is 0 Å². The number of fused-ring (bicyclic) bond motifs is 2. The van der Waals surface area contributed by atoms with Crippen molar-refractivity contribution in [2.24, 2.45) is 0 Å². The minimum atomic E-state index is 0.323. The summed E-state index contributed by atoms with van der Waals surface area (Å²) in [6.45, 7) is 0.822. The summed E-state index contributed by atoms with van der Waals surface area (Å²) in [6.07, 6.45) is 4.17. The summed E-state index contributed by atoms with van der Waals surface area (Å²) >= 11 is 3.55. The van der Waals surface area contributed by atoms with Crippen LogP contribution in [0.25, 0.3) is 10.9 Å². The number of ether oxygens (including phenoxy) is 1. The molecule has 3 heterocycles. The van der Waals surface area contributed by atoms with Gasteiger partial charge in [0.05, 0.1) is 0 Å². The van der Waals surface area contributed by atoms with Gasteiger partial charge < -0.3 is 15.4 Å². The number of aromatic nitrogens is 3. The molecular weight excluding hydrogens is 418 g/mol. The summed E-state index contributed by atoms with van der Waals surface area (Å²) in [6, 6.07) is 15.9. The molecule has 4 aromatic rings. The van der Waals surface area contributed by atoms with Gasteiger partial charge in [0.2, 0.25) is 5.88 Å². The molecule has 0 fully saturated rings. The number of hydrogen-bond acceptors (Lipinski definition) is 6. The Balaban J connectivity index is 1.55. The summed E-state index contributed by atoms with van der Waals surface area (Å²) < 4.78 is 7.03. The van der Waals surface area contributed by atoms with E-state index in [9.17, 15) is 0 Å². The second-order valence-electron chi connectivity index (χ2n) is 6.49. The molecule has 1 aliphatic heterocycles. The molecular formula is C21H16BrN5O. The Morgan fingerprint density at radius 3 is 2.82 bits per heavy atom. The second-order valence-corrected chi connectivity index (χ2v) is 7.35. The smallest absolute Gasteiger partial charge is 0.248 e. The van der Waals surface area contributed by atoms with Crippen LogP contribution in [0.3, 0.4) is 0 Å². The van der Waals surface area contributed by atoms with Crippen molar-refractivity contribution in [2.45, 2.75) is 6.42 Å². The van der Waals surface area contributed by atoms with E-state index in [2.05, 4.69) is 47.9 Å². The molecule has 0 bridgehead atoms. The van der Waals surface area contributed by atoms with Gasteiger partial charge in [0, 0.05) is 28.3 Å². The Kier molecular flexibility index (Phi) is 4.09. The average molecular weight is 434 g/mol. The van der Waals surface area contributed by atoms with Gasteiger partial charge in [-0.1, -0.05) is 40.2 Å². The Bertz CT molecular complexity index is 1200. The molecule has 28 heavy (non-hydrogen) atoms. The van der Waals surface area contributed by atoms with Crippen LogP contribution in [0.15, 0.2) is 65.5 Å². The van der Waals surface area contributed by atoms with Gasteiger partial charge in [-0.2, -0.15) is 4.98 Å². The maximum Gasteiger partial charge on any atom is 0.248 e. The standard InChI is InChI=1S/C21H16BrN5O/c22-15-7-8-17(19-14(15)5-3-10-24-19)28-21-18(23)20(25-12-26-21)27-11-9-13-4-1-2-6-16(13)27/h1-8,10,12H,9,11,23H2. The highest BCUT2D eigenvalue weighted by Gasteiger charge is 2.24. The molecule has 2 N–H and O–H groups in total. The zero-order valence-corrected chi connectivity index (χ0v) is 16.4. The van der Waals surface area contributed by atoms with Crippen LogP contribution in [0.5, 0.6) is 11.6 Å². The van der Waals surface area contributed by atoms with E-state index in [4.69, 9.17) is 10.5 Å². The Labute approximate surface area is 170 Å². The fourth-order valence-corrected chi connectivity index (χ4v) is 3.98. The fourth-order valence-electron chi connectivity index (χ4n) is 3.52. The highest BCUT2D eigenvalue weighted by atomic mass is 79.9. The van der Waals surface area contributed by atoms with E-state index in [0.29, 0.717) is 23.1 Å². The fraction of sp³-hybridized carbons (Fsp3) is 0.0952. The third-order valence-corrected chi connectivity index (χ3v) is 5.55. The molecule has 1 aliphatic rings. The van der Waals surface area contributed by atoms with Crippen LogP contribution in [0.4, 0.5) is 17.2 Å². The van der Waals surface area contributed by atoms with Crippen LogP contribution < -0.4 is 15.4 Å². The van der Waals surface area contributed by atoms with Crippen LogP contribution >= 0.6 is 15.9 Å². The Morgan fingerprint density at radius 1 is 1.00 bits per heavy atom. The topological polar surface area (TPSA) is 77.2 Å². The summed E-state index contributed by atoms with van der Waals surface area (Å²) in [5.41, 5.74) is 9.97. The van der Waals surface area contributed by atoms with Gasteiger partial charge in [-0.05, 0) is 36.2 Å². The number of halogens is 1. The number of hydrogen-bond donors (Lipinski definition) is 1. The van der Waals surface area contributed by atoms with Gasteiger partial charge in [0.1, 0.15) is 17.5 Å². The number of nitrogen functional groups attached to an aromatic ring is 1. The van der Waals surface area contributed by atoms with Crippen LogP contribution in [0, 0.1) is 0 Å². The predicted octanol–water partition coefficient (Wildman–Crippen LogP) is 4.86. The van der Waals surface area contributed by atoms with E-state index in [0.717, 1.165) is 34.0 Å². The lowest BCUT2D eigenvalue weighted by atomic mass is 10.2. The lowest BCUT2D eigenvalue weighted by Crippen LogP contribution is -2.17. The number of nitrogens with zero attached hydrogens (tertiary/aromatic N) is 4. The Hall–Kier alpha value is -3.19. The molecule has 2 aromatic heterocycles. The molecule has 0 spiro atoms. The second kappa shape index (κ2) is 6.76. The van der Waals surface area contributed by atoms with Gasteiger partial charge in [-0.25, -0.2) is 4.98 Å². The van der Waals surface area contributed by atoms with Crippen molar-refractivity contribution in [3.8, 4) is 11.6 Å². The third kappa shape index (κ3) is 2.75. The number of para-hydroxylation sites is 1. The van der Waals surface area contributed by atoms with Crippen LogP contribution in [0.2, 0.25) is 0 Å². The van der Waals surface area contributed by atoms with Crippen LogP contribution in [-0.2, 0) is 6.42 Å². The maximum absolute atomic E-state index is 6.42. The first-order valence-electron chi connectivity index (χ1n) is 8.89. The van der Waals surface area contributed by atoms with E-state index in [1.807, 2.05) is 36.4 Å². The maximum atomic E-state index is 6.42. The minimum Gasteiger partial charge on any atom is -0.435 e. The van der Waals surface area contributed by atoms with Crippen molar-refractivity contribution in [2.75, 3.05) is 17.2 Å². The van der Waals surface area contributed by atoms with Crippen LogP contribution in [-0.4, -0.2) is 21.5 Å². The molecule has 5 rings (SSSR count). The van der Waals surface area contributed by atoms with E-state index in [1.165, 1.54) is 11.9 Å². The first-order chi connectivity index (χ1) is 13.7. The van der Waals surface area contributed by atoms with Crippen LogP contribution in [0.1, 0.15) is 5.56 Å². The number of pyridine rings is 1. The van der Waals surface area contributed by atoms with E-state index >= 15 is 0 Å². The van der Waals surface area contributed by atoms with E-state index in [1.54, 1.807) is 6.20 Å². The highest BCUT2D eigenvalue weighted by Crippen LogP contribution is 2.40. The lowest BCUT2D eigenvalue weighted by Gasteiger charge is -2.21. The zero-order valence-electron chi connectivity index (χ0n) is 14.8. The lowest BCUT2D eigenvalue weighted by molar-refractivity contribution is 0.468. The van der Waals surface area contributed by atoms with Crippen molar-refractivity contribution in [1.29, 1.82) is 0 Å². The third-order valence-electron chi connectivity index (χ3n) is 4.86. The molecule has 0 radical (unpaired) electrons. The minimum absolute atomic E-state index is 0.323. The Morgan fingerprint density at radius 2 is 1.89 bits per heavy atom. The van der Waals surface area contributed by atoms with E-state index in [-0.39, 0.29) is 0 Å². The summed E-state index contributed by atoms with van der Waals surface area (Å²) in [7, 11) is 0. The predicted molar refractivity (Wildman–Crippen MR) is 113 cm³/mol.